The van der Waals surface area contributed by atoms with Crippen molar-refractivity contribution < 1.29 is 14.3 Å². The highest BCUT2D eigenvalue weighted by Crippen LogP contribution is 2.23. The van der Waals surface area contributed by atoms with Crippen LogP contribution in [0.2, 0.25) is 0 Å². The fourth-order valence-corrected chi connectivity index (χ4v) is 3.28. The maximum Gasteiger partial charge on any atom is 0.350 e. The van der Waals surface area contributed by atoms with Gasteiger partial charge >= 0.3 is 5.97 Å². The van der Waals surface area contributed by atoms with Crippen molar-refractivity contribution in [3.63, 3.8) is 0 Å². The van der Waals surface area contributed by atoms with Crippen LogP contribution in [-0.2, 0) is 4.74 Å². The van der Waals surface area contributed by atoms with E-state index in [4.69, 9.17) is 17.0 Å². The highest BCUT2D eigenvalue weighted by molar-refractivity contribution is 7.80. The molecule has 0 saturated heterocycles. The van der Waals surface area contributed by atoms with E-state index in [0.29, 0.717) is 33.8 Å². The van der Waals surface area contributed by atoms with Crippen LogP contribution < -0.4 is 10.6 Å². The van der Waals surface area contributed by atoms with Gasteiger partial charge in [-0.2, -0.15) is 0 Å². The fraction of sp³-hybridized carbons (Fsp3) is 0.333. The largest absolute Gasteiger partial charge is 0.462 e. The summed E-state index contributed by atoms with van der Waals surface area (Å²) in [5.41, 5.74) is 2.22. The number of hydrogen-bond donors (Lipinski definition) is 2. The zero-order valence-corrected chi connectivity index (χ0v) is 16.7. The van der Waals surface area contributed by atoms with Crippen molar-refractivity contribution in [2.75, 3.05) is 11.9 Å². The molecule has 8 heteroatoms. The number of hydrogen-bond acceptors (Lipinski definition) is 6. The van der Waals surface area contributed by atoms with E-state index in [1.165, 1.54) is 0 Å². The molecule has 0 spiro atoms. The molecule has 0 unspecified atom stereocenters. The van der Waals surface area contributed by atoms with E-state index >= 15 is 0 Å². The summed E-state index contributed by atoms with van der Waals surface area (Å²) in [6.07, 6.45) is 0. The van der Waals surface area contributed by atoms with E-state index in [-0.39, 0.29) is 11.0 Å². The van der Waals surface area contributed by atoms with E-state index in [2.05, 4.69) is 29.5 Å². The van der Waals surface area contributed by atoms with E-state index in [0.717, 1.165) is 16.9 Å². The van der Waals surface area contributed by atoms with Gasteiger partial charge in [0.05, 0.1) is 12.3 Å². The third-order valence-electron chi connectivity index (χ3n) is 3.54. The van der Waals surface area contributed by atoms with Gasteiger partial charge in [-0.3, -0.25) is 10.1 Å². The maximum absolute atomic E-state index is 12.3. The third-order valence-corrected chi connectivity index (χ3v) is 4.80. The zero-order chi connectivity index (χ0) is 19.3. The number of thiocarbonyl (C=S) groups is 1. The molecule has 0 saturated carbocycles. The van der Waals surface area contributed by atoms with Crippen LogP contribution in [-0.4, -0.2) is 28.6 Å². The van der Waals surface area contributed by atoms with Gasteiger partial charge in [0, 0.05) is 5.56 Å². The summed E-state index contributed by atoms with van der Waals surface area (Å²) in [6, 6.07) is 7.37. The molecule has 0 aliphatic rings. The number of benzene rings is 1. The highest BCUT2D eigenvalue weighted by Gasteiger charge is 2.17. The number of amides is 1. The number of aryl methyl sites for hydroxylation is 1. The zero-order valence-electron chi connectivity index (χ0n) is 15.1. The molecule has 0 aliphatic heterocycles. The number of thiazole rings is 1. The summed E-state index contributed by atoms with van der Waals surface area (Å²) >= 11 is 6.28. The van der Waals surface area contributed by atoms with Crippen molar-refractivity contribution in [2.45, 2.75) is 33.6 Å². The van der Waals surface area contributed by atoms with Crippen LogP contribution in [0, 0.1) is 6.92 Å². The Balaban J connectivity index is 1.99. The van der Waals surface area contributed by atoms with Crippen LogP contribution >= 0.6 is 23.6 Å². The van der Waals surface area contributed by atoms with E-state index in [1.54, 1.807) is 26.0 Å². The molecule has 2 aromatic rings. The van der Waals surface area contributed by atoms with Crippen LogP contribution in [0.3, 0.4) is 0 Å². The van der Waals surface area contributed by atoms with Crippen molar-refractivity contribution in [2.24, 2.45) is 0 Å². The minimum absolute atomic E-state index is 0.118. The number of carbonyl (C=O) groups is 2. The second-order valence-electron chi connectivity index (χ2n) is 5.84. The number of nitrogens with zero attached hydrogens (tertiary/aromatic N) is 1. The number of carbonyl (C=O) groups excluding carboxylic acids is 2. The first kappa shape index (κ1) is 20.0. The molecular formula is C18H21N3O3S2. The molecule has 26 heavy (non-hydrogen) atoms. The SMILES string of the molecule is CCOC(=O)c1sc(NC(=S)NC(=O)c2ccc(C(C)C)cc2)nc1C. The normalized spacial score (nSPS) is 10.5. The molecule has 1 aromatic carbocycles. The van der Waals surface area contributed by atoms with Crippen molar-refractivity contribution in [1.29, 1.82) is 0 Å². The Labute approximate surface area is 162 Å². The molecule has 2 N–H and O–H groups in total. The number of rotatable bonds is 5. The van der Waals surface area contributed by atoms with E-state index < -0.39 is 5.97 Å². The minimum Gasteiger partial charge on any atom is -0.462 e. The molecule has 1 aromatic heterocycles. The first-order valence-electron chi connectivity index (χ1n) is 8.18. The molecule has 0 atom stereocenters. The van der Waals surface area contributed by atoms with E-state index in [9.17, 15) is 9.59 Å². The van der Waals surface area contributed by atoms with Crippen LogP contribution in [0.25, 0.3) is 0 Å². The topological polar surface area (TPSA) is 80.3 Å². The molecule has 6 nitrogen and oxygen atoms in total. The Hall–Kier alpha value is -2.32. The van der Waals surface area contributed by atoms with Crippen molar-refractivity contribution in [1.82, 2.24) is 10.3 Å². The first-order chi connectivity index (χ1) is 12.3. The Bertz CT molecular complexity index is 814. The first-order valence-corrected chi connectivity index (χ1v) is 9.41. The summed E-state index contributed by atoms with van der Waals surface area (Å²) in [7, 11) is 0. The molecule has 138 valence electrons. The summed E-state index contributed by atoms with van der Waals surface area (Å²) in [4.78, 5) is 28.7. The number of ether oxygens (including phenoxy) is 1. The second kappa shape index (κ2) is 8.86. The van der Waals surface area contributed by atoms with Gasteiger partial charge in [0.1, 0.15) is 4.88 Å². The standard InChI is InChI=1S/C18H21N3O3S2/c1-5-24-16(23)14-11(4)19-18(26-14)21-17(25)20-15(22)13-8-6-12(7-9-13)10(2)3/h6-10H,5H2,1-4H3,(H2,19,20,21,22,25). The third kappa shape index (κ3) is 5.09. The Morgan fingerprint density at radius 1 is 1.27 bits per heavy atom. The van der Waals surface area contributed by atoms with Gasteiger partial charge in [0.2, 0.25) is 0 Å². The fourth-order valence-electron chi connectivity index (χ4n) is 2.16. The quantitative estimate of drug-likeness (QED) is 0.595. The Morgan fingerprint density at radius 3 is 2.50 bits per heavy atom. The van der Waals surface area contributed by atoms with Gasteiger partial charge < -0.3 is 10.1 Å². The van der Waals surface area contributed by atoms with Gasteiger partial charge in [-0.15, -0.1) is 0 Å². The van der Waals surface area contributed by atoms with Crippen molar-refractivity contribution >= 4 is 45.7 Å². The summed E-state index contributed by atoms with van der Waals surface area (Å²) in [5, 5.41) is 5.98. The predicted octanol–water partition coefficient (Wildman–Crippen LogP) is 3.88. The maximum atomic E-state index is 12.3. The molecule has 1 heterocycles. The average molecular weight is 392 g/mol. The highest BCUT2D eigenvalue weighted by atomic mass is 32.1. The van der Waals surface area contributed by atoms with Gasteiger partial charge in [-0.25, -0.2) is 9.78 Å². The number of esters is 1. The monoisotopic (exact) mass is 391 g/mol. The van der Waals surface area contributed by atoms with E-state index in [1.807, 2.05) is 12.1 Å². The number of aromatic nitrogens is 1. The smallest absolute Gasteiger partial charge is 0.350 e. The molecule has 1 amide bonds. The molecular weight excluding hydrogens is 370 g/mol. The molecule has 2 rings (SSSR count). The van der Waals surface area contributed by atoms with Gasteiger partial charge in [0.25, 0.3) is 5.91 Å². The molecule has 0 bridgehead atoms. The van der Waals surface area contributed by atoms with Crippen molar-refractivity contribution in [3.8, 4) is 0 Å². The lowest BCUT2D eigenvalue weighted by Gasteiger charge is -2.09. The lowest BCUT2D eigenvalue weighted by molar-refractivity contribution is 0.0531. The summed E-state index contributed by atoms with van der Waals surface area (Å²) in [6.45, 7) is 7.93. The van der Waals surface area contributed by atoms with Gasteiger partial charge in [-0.05, 0) is 49.7 Å². The van der Waals surface area contributed by atoms with Crippen LogP contribution in [0.5, 0.6) is 0 Å². The van der Waals surface area contributed by atoms with Crippen LogP contribution in [0.15, 0.2) is 24.3 Å². The molecule has 0 radical (unpaired) electrons. The minimum atomic E-state index is -0.421. The Kier molecular flexibility index (Phi) is 6.82. The van der Waals surface area contributed by atoms with Crippen LogP contribution in [0.4, 0.5) is 5.13 Å². The predicted molar refractivity (Wildman–Crippen MR) is 107 cm³/mol. The summed E-state index contributed by atoms with van der Waals surface area (Å²) in [5.74, 6) is -0.330. The molecule has 0 fully saturated rings. The van der Waals surface area contributed by atoms with Gasteiger partial charge in [-0.1, -0.05) is 37.3 Å². The summed E-state index contributed by atoms with van der Waals surface area (Å²) < 4.78 is 4.98. The Morgan fingerprint density at radius 2 is 1.92 bits per heavy atom. The second-order valence-corrected chi connectivity index (χ2v) is 7.25. The lowest BCUT2D eigenvalue weighted by Crippen LogP contribution is -2.34. The molecule has 0 aliphatic carbocycles. The van der Waals surface area contributed by atoms with Gasteiger partial charge in [0.15, 0.2) is 10.2 Å². The van der Waals surface area contributed by atoms with Crippen molar-refractivity contribution in [3.05, 3.63) is 46.0 Å². The number of nitrogens with one attached hydrogen (secondary N) is 2. The lowest BCUT2D eigenvalue weighted by atomic mass is 10.0. The average Bonchev–Trinajstić information content (AvgIpc) is 2.95. The number of anilines is 1. The van der Waals surface area contributed by atoms with Crippen LogP contribution in [0.1, 0.15) is 58.0 Å².